The van der Waals surface area contributed by atoms with E-state index < -0.39 is 5.60 Å². The zero-order chi connectivity index (χ0) is 22.8. The van der Waals surface area contributed by atoms with Crippen LogP contribution in [-0.4, -0.2) is 24.3 Å². The van der Waals surface area contributed by atoms with Gasteiger partial charge in [0.25, 0.3) is 0 Å². The maximum Gasteiger partial charge on any atom is 0.159 e. The molecule has 0 aliphatic rings. The van der Waals surface area contributed by atoms with E-state index in [9.17, 15) is 5.11 Å². The standard InChI is InChI=1S/C29H25NO3/c1-32-22-17-18-23-25(19-22)30-28(27(23)20-11-5-3-6-12-20)29(31,21-13-7-4-8-14-21)24-15-9-10-16-26(24)33-2/h3-19,30-31H,1-2H3. The molecule has 0 saturated carbocycles. The van der Waals surface area contributed by atoms with Crippen LogP contribution in [0.2, 0.25) is 0 Å². The average Bonchev–Trinajstić information content (AvgIpc) is 3.28. The Hall–Kier alpha value is -4.02. The molecule has 164 valence electrons. The van der Waals surface area contributed by atoms with E-state index >= 15 is 0 Å². The summed E-state index contributed by atoms with van der Waals surface area (Å²) < 4.78 is 11.2. The highest BCUT2D eigenvalue weighted by Gasteiger charge is 2.40. The summed E-state index contributed by atoms with van der Waals surface area (Å²) in [4.78, 5) is 3.54. The van der Waals surface area contributed by atoms with Gasteiger partial charge in [-0.3, -0.25) is 0 Å². The molecule has 4 heteroatoms. The summed E-state index contributed by atoms with van der Waals surface area (Å²) in [5, 5.41) is 13.7. The highest BCUT2D eigenvalue weighted by molar-refractivity contribution is 5.99. The van der Waals surface area contributed by atoms with Crippen molar-refractivity contribution < 1.29 is 14.6 Å². The van der Waals surface area contributed by atoms with Crippen LogP contribution in [0.15, 0.2) is 103 Å². The Morgan fingerprint density at radius 3 is 2.09 bits per heavy atom. The van der Waals surface area contributed by atoms with Crippen LogP contribution in [0.4, 0.5) is 0 Å². The number of methoxy groups -OCH3 is 2. The van der Waals surface area contributed by atoms with Crippen molar-refractivity contribution in [2.24, 2.45) is 0 Å². The fourth-order valence-electron chi connectivity index (χ4n) is 4.54. The second kappa shape index (κ2) is 8.49. The first-order chi connectivity index (χ1) is 16.2. The monoisotopic (exact) mass is 435 g/mol. The van der Waals surface area contributed by atoms with Gasteiger partial charge < -0.3 is 19.6 Å². The Balaban J connectivity index is 1.91. The van der Waals surface area contributed by atoms with Gasteiger partial charge in [0.05, 0.1) is 25.4 Å². The van der Waals surface area contributed by atoms with Crippen LogP contribution < -0.4 is 9.47 Å². The first-order valence-corrected chi connectivity index (χ1v) is 10.8. The average molecular weight is 436 g/mol. The third-order valence-electron chi connectivity index (χ3n) is 6.12. The first-order valence-electron chi connectivity index (χ1n) is 10.8. The lowest BCUT2D eigenvalue weighted by Gasteiger charge is -2.31. The molecule has 0 bridgehead atoms. The molecule has 0 amide bonds. The van der Waals surface area contributed by atoms with E-state index in [1.165, 1.54) is 0 Å². The predicted octanol–water partition coefficient (Wildman–Crippen LogP) is 6.14. The van der Waals surface area contributed by atoms with Crippen molar-refractivity contribution in [3.05, 3.63) is 120 Å². The van der Waals surface area contributed by atoms with E-state index in [0.29, 0.717) is 17.0 Å². The lowest BCUT2D eigenvalue weighted by Crippen LogP contribution is -2.30. The number of ether oxygens (including phenoxy) is 2. The van der Waals surface area contributed by atoms with Gasteiger partial charge in [-0.2, -0.15) is 0 Å². The molecule has 4 aromatic carbocycles. The van der Waals surface area contributed by atoms with Gasteiger partial charge in [-0.1, -0.05) is 78.9 Å². The maximum absolute atomic E-state index is 12.7. The molecule has 5 aromatic rings. The summed E-state index contributed by atoms with van der Waals surface area (Å²) >= 11 is 0. The third kappa shape index (κ3) is 3.45. The van der Waals surface area contributed by atoms with Crippen molar-refractivity contribution >= 4 is 10.9 Å². The van der Waals surface area contributed by atoms with E-state index in [2.05, 4.69) is 17.1 Å². The minimum absolute atomic E-state index is 0.610. The Morgan fingerprint density at radius 1 is 0.727 bits per heavy atom. The fraction of sp³-hybridized carbons (Fsp3) is 0.103. The molecule has 1 unspecified atom stereocenters. The summed E-state index contributed by atoms with van der Waals surface area (Å²) in [5.41, 5.74) is 3.41. The van der Waals surface area contributed by atoms with Crippen molar-refractivity contribution in [3.63, 3.8) is 0 Å². The van der Waals surface area contributed by atoms with Gasteiger partial charge in [-0.15, -0.1) is 0 Å². The van der Waals surface area contributed by atoms with Crippen LogP contribution >= 0.6 is 0 Å². The van der Waals surface area contributed by atoms with Gasteiger partial charge in [0.15, 0.2) is 5.60 Å². The molecule has 1 aromatic heterocycles. The van der Waals surface area contributed by atoms with E-state index in [-0.39, 0.29) is 0 Å². The Morgan fingerprint density at radius 2 is 1.39 bits per heavy atom. The highest BCUT2D eigenvalue weighted by atomic mass is 16.5. The number of benzene rings is 4. The quantitative estimate of drug-likeness (QED) is 0.337. The van der Waals surface area contributed by atoms with E-state index in [1.54, 1.807) is 14.2 Å². The molecular formula is C29H25NO3. The number of aliphatic hydroxyl groups is 1. The molecule has 0 aliphatic heterocycles. The van der Waals surface area contributed by atoms with Crippen molar-refractivity contribution in [1.29, 1.82) is 0 Å². The minimum atomic E-state index is -1.49. The summed E-state index contributed by atoms with van der Waals surface area (Å²) in [5.74, 6) is 1.36. The largest absolute Gasteiger partial charge is 0.497 e. The van der Waals surface area contributed by atoms with Gasteiger partial charge in [0.1, 0.15) is 11.5 Å². The Kier molecular flexibility index (Phi) is 5.37. The van der Waals surface area contributed by atoms with Crippen molar-refractivity contribution in [3.8, 4) is 22.6 Å². The molecule has 0 radical (unpaired) electrons. The highest BCUT2D eigenvalue weighted by Crippen LogP contribution is 2.47. The molecule has 1 atom stereocenters. The molecule has 0 aliphatic carbocycles. The summed E-state index contributed by atoms with van der Waals surface area (Å²) in [6.07, 6.45) is 0. The molecule has 0 spiro atoms. The van der Waals surface area contributed by atoms with Gasteiger partial charge in [0.2, 0.25) is 0 Å². The van der Waals surface area contributed by atoms with Gasteiger partial charge >= 0.3 is 0 Å². The lowest BCUT2D eigenvalue weighted by atomic mass is 9.80. The van der Waals surface area contributed by atoms with Crippen LogP contribution in [0.25, 0.3) is 22.0 Å². The summed E-state index contributed by atoms with van der Waals surface area (Å²) in [7, 11) is 3.27. The fourth-order valence-corrected chi connectivity index (χ4v) is 4.54. The van der Waals surface area contributed by atoms with Crippen molar-refractivity contribution in [1.82, 2.24) is 4.98 Å². The molecule has 2 N–H and O–H groups in total. The second-order valence-electron chi connectivity index (χ2n) is 7.93. The van der Waals surface area contributed by atoms with Gasteiger partial charge in [-0.25, -0.2) is 0 Å². The number of hydrogen-bond acceptors (Lipinski definition) is 3. The second-order valence-corrected chi connectivity index (χ2v) is 7.93. The predicted molar refractivity (Wildman–Crippen MR) is 132 cm³/mol. The number of nitrogens with one attached hydrogen (secondary N) is 1. The molecule has 33 heavy (non-hydrogen) atoms. The van der Waals surface area contributed by atoms with Crippen molar-refractivity contribution in [2.45, 2.75) is 5.60 Å². The van der Waals surface area contributed by atoms with Gasteiger partial charge in [-0.05, 0) is 29.3 Å². The number of fused-ring (bicyclic) bond motifs is 1. The van der Waals surface area contributed by atoms with Crippen LogP contribution in [0.5, 0.6) is 11.5 Å². The van der Waals surface area contributed by atoms with E-state index in [1.807, 2.05) is 91.0 Å². The molecule has 0 fully saturated rings. The Labute approximate surface area is 193 Å². The third-order valence-corrected chi connectivity index (χ3v) is 6.12. The number of para-hydroxylation sites is 1. The number of hydrogen-bond donors (Lipinski definition) is 2. The first kappa shape index (κ1) is 20.9. The topological polar surface area (TPSA) is 54.5 Å². The summed E-state index contributed by atoms with van der Waals surface area (Å²) in [6, 6.07) is 33.3. The van der Waals surface area contributed by atoms with Gasteiger partial charge in [0, 0.05) is 22.6 Å². The lowest BCUT2D eigenvalue weighted by molar-refractivity contribution is 0.119. The number of rotatable bonds is 6. The summed E-state index contributed by atoms with van der Waals surface area (Å²) in [6.45, 7) is 0. The zero-order valence-corrected chi connectivity index (χ0v) is 18.6. The molecule has 5 rings (SSSR count). The molecule has 4 nitrogen and oxygen atoms in total. The number of H-pyrrole nitrogens is 1. The maximum atomic E-state index is 12.7. The van der Waals surface area contributed by atoms with E-state index in [0.717, 1.165) is 33.3 Å². The normalized spacial score (nSPS) is 12.9. The van der Waals surface area contributed by atoms with Crippen LogP contribution in [0.1, 0.15) is 16.8 Å². The Bertz CT molecular complexity index is 1390. The number of aromatic nitrogens is 1. The molecule has 1 heterocycles. The minimum Gasteiger partial charge on any atom is -0.497 e. The number of aromatic amines is 1. The van der Waals surface area contributed by atoms with Crippen molar-refractivity contribution in [2.75, 3.05) is 14.2 Å². The molecule has 0 saturated heterocycles. The van der Waals surface area contributed by atoms with Crippen LogP contribution in [-0.2, 0) is 5.60 Å². The van der Waals surface area contributed by atoms with Crippen LogP contribution in [0, 0.1) is 0 Å². The zero-order valence-electron chi connectivity index (χ0n) is 18.6. The SMILES string of the molecule is COc1ccc2c(-c3ccccc3)c(C(O)(c3ccccc3)c3ccccc3OC)[nH]c2c1. The van der Waals surface area contributed by atoms with E-state index in [4.69, 9.17) is 9.47 Å². The smallest absolute Gasteiger partial charge is 0.159 e. The van der Waals surface area contributed by atoms with Crippen LogP contribution in [0.3, 0.4) is 0 Å². The molecular weight excluding hydrogens is 410 g/mol.